The van der Waals surface area contributed by atoms with E-state index in [-0.39, 0.29) is 5.41 Å². The van der Waals surface area contributed by atoms with Gasteiger partial charge in [0.2, 0.25) is 0 Å². The van der Waals surface area contributed by atoms with Crippen molar-refractivity contribution in [3.05, 3.63) is 234 Å². The highest BCUT2D eigenvalue weighted by Crippen LogP contribution is 2.61. The second kappa shape index (κ2) is 13.7. The van der Waals surface area contributed by atoms with Crippen LogP contribution in [0, 0.1) is 0 Å². The first kappa shape index (κ1) is 36.5. The van der Waals surface area contributed by atoms with Crippen LogP contribution in [0.3, 0.4) is 0 Å². The minimum Gasteiger partial charge on any atom is -0.227 e. The van der Waals surface area contributed by atoms with E-state index in [2.05, 4.69) is 178 Å². The fourth-order valence-electron chi connectivity index (χ4n) is 10.9. The average Bonchev–Trinajstić information content (AvgIpc) is 3.66. The first-order valence-electron chi connectivity index (χ1n) is 21.9. The van der Waals surface area contributed by atoms with E-state index in [1.165, 1.54) is 33.4 Å². The van der Waals surface area contributed by atoms with Gasteiger partial charge in [0.1, 0.15) is 0 Å². The molecule has 64 heavy (non-hydrogen) atoms. The molecule has 0 fully saturated rings. The normalized spacial score (nSPS) is 14.0. The fourth-order valence-corrected chi connectivity index (χ4v) is 10.9. The van der Waals surface area contributed by atoms with Crippen LogP contribution in [0.1, 0.15) is 47.2 Å². The van der Waals surface area contributed by atoms with E-state index in [0.29, 0.717) is 22.9 Å². The summed E-state index contributed by atoms with van der Waals surface area (Å²) in [6.07, 6.45) is 0. The number of hydrogen-bond acceptors (Lipinski definition) is 5. The van der Waals surface area contributed by atoms with Gasteiger partial charge >= 0.3 is 0 Å². The molecule has 6 bridgehead atoms. The van der Waals surface area contributed by atoms with Crippen LogP contribution in [0.5, 0.6) is 0 Å². The Hall–Kier alpha value is -8.15. The Bertz CT molecular complexity index is 3740. The second-order valence-electron chi connectivity index (χ2n) is 17.6. The molecule has 12 aromatic rings. The molecule has 2 aliphatic carbocycles. The summed E-state index contributed by atoms with van der Waals surface area (Å²) in [5.74, 6) is 1.30. The highest BCUT2D eigenvalue weighted by molar-refractivity contribution is 6.16. The summed E-state index contributed by atoms with van der Waals surface area (Å²) in [7, 11) is 0. The van der Waals surface area contributed by atoms with Crippen LogP contribution in [-0.2, 0) is 10.8 Å². The quantitative estimate of drug-likeness (QED) is 0.178. The van der Waals surface area contributed by atoms with Gasteiger partial charge in [0, 0.05) is 43.7 Å². The van der Waals surface area contributed by atoms with Crippen LogP contribution in [0.25, 0.3) is 88.5 Å². The number of aromatic nitrogens is 5. The summed E-state index contributed by atoms with van der Waals surface area (Å²) in [5, 5.41) is 7.08. The Balaban J connectivity index is 1.29. The van der Waals surface area contributed by atoms with Crippen molar-refractivity contribution >= 4 is 54.5 Å². The standard InChI is InChI=1S/C59H39N5/c1-58(2)45-24-12-14-26-47(45)59(48-27-15-13-25-46(48)58)44-34-33-41-35-43(44)51-42(23-16-28-49(51)59)57-63-55(39-21-10-5-11-22-39)62-56(64-57)40-31-29-36(30-32-40)50-52(37-17-6-3-7-18-37)60-54(61-53(41)50)38-19-8-4-9-20-38/h3-35H,1-2H3. The maximum atomic E-state index is 5.55. The van der Waals surface area contributed by atoms with Gasteiger partial charge in [-0.25, -0.2) is 24.9 Å². The minimum absolute atomic E-state index is 0.229. The Morgan fingerprint density at radius 2 is 0.844 bits per heavy atom. The lowest BCUT2D eigenvalue weighted by Gasteiger charge is -2.46. The molecule has 4 aromatic heterocycles. The topological polar surface area (TPSA) is 64.5 Å². The van der Waals surface area contributed by atoms with E-state index >= 15 is 0 Å². The Kier molecular flexibility index (Phi) is 7.80. The van der Waals surface area contributed by atoms with Crippen molar-refractivity contribution in [2.75, 3.05) is 0 Å². The van der Waals surface area contributed by atoms with Crippen LogP contribution >= 0.6 is 0 Å². The monoisotopic (exact) mass is 817 g/mol. The molecule has 0 saturated carbocycles. The van der Waals surface area contributed by atoms with Gasteiger partial charge in [-0.05, 0) is 55.6 Å². The van der Waals surface area contributed by atoms with Gasteiger partial charge in [0.05, 0.1) is 16.6 Å². The van der Waals surface area contributed by atoms with E-state index in [4.69, 9.17) is 24.9 Å². The smallest absolute Gasteiger partial charge is 0.164 e. The molecule has 300 valence electrons. The molecule has 5 nitrogen and oxygen atoms in total. The molecule has 0 saturated heterocycles. The molecule has 5 heteroatoms. The molecular formula is C59H39N5. The lowest BCUT2D eigenvalue weighted by Crippen LogP contribution is -2.40. The predicted octanol–water partition coefficient (Wildman–Crippen LogP) is 13.9. The van der Waals surface area contributed by atoms with E-state index in [1.54, 1.807) is 0 Å². The highest BCUT2D eigenvalue weighted by atomic mass is 15.0. The lowest BCUT2D eigenvalue weighted by molar-refractivity contribution is 0.564. The summed E-state index contributed by atoms with van der Waals surface area (Å²) < 4.78 is 0. The van der Waals surface area contributed by atoms with E-state index < -0.39 is 5.41 Å². The molecule has 0 atom stereocenters. The molecule has 0 unspecified atom stereocenters. The van der Waals surface area contributed by atoms with Crippen molar-refractivity contribution in [2.45, 2.75) is 24.7 Å². The molecule has 1 spiro atoms. The molecule has 0 radical (unpaired) electrons. The zero-order chi connectivity index (χ0) is 42.6. The molecule has 14 rings (SSSR count). The van der Waals surface area contributed by atoms with Crippen molar-refractivity contribution in [3.63, 3.8) is 0 Å². The van der Waals surface area contributed by atoms with Crippen LogP contribution in [0.15, 0.2) is 200 Å². The fraction of sp³-hybridized carbons (Fsp3) is 0.0678. The number of benzene rings is 8. The van der Waals surface area contributed by atoms with E-state index in [9.17, 15) is 0 Å². The van der Waals surface area contributed by atoms with Crippen molar-refractivity contribution in [3.8, 4) is 34.0 Å². The summed E-state index contributed by atoms with van der Waals surface area (Å²) in [4.78, 5) is 26.8. The van der Waals surface area contributed by atoms with Crippen LogP contribution < -0.4 is 0 Å². The SMILES string of the molecule is CC1(C)c2ccccc2C2(c3ccccc31)c1ccc3cc1c1c2cccc1c1nc(-c2ccccc2)nc(n1)c1ccc(cc1)c1c(-c2ccccc2)nc(-c2ccccc2)nc31. The Morgan fingerprint density at radius 3 is 1.48 bits per heavy atom. The summed E-state index contributed by atoms with van der Waals surface area (Å²) in [6.45, 7) is 4.73. The largest absolute Gasteiger partial charge is 0.227 e. The van der Waals surface area contributed by atoms with Gasteiger partial charge in [-0.15, -0.1) is 0 Å². The lowest BCUT2D eigenvalue weighted by atomic mass is 9.55. The van der Waals surface area contributed by atoms with Gasteiger partial charge < -0.3 is 0 Å². The molecular weight excluding hydrogens is 779 g/mol. The number of nitrogens with zero attached hydrogens (tertiary/aromatic N) is 5. The molecule has 8 aromatic carbocycles. The van der Waals surface area contributed by atoms with Gasteiger partial charge in [0.25, 0.3) is 0 Å². The molecule has 0 aliphatic heterocycles. The van der Waals surface area contributed by atoms with Gasteiger partial charge in [-0.2, -0.15) is 0 Å². The van der Waals surface area contributed by atoms with Crippen molar-refractivity contribution in [1.82, 2.24) is 24.9 Å². The van der Waals surface area contributed by atoms with Crippen molar-refractivity contribution in [2.24, 2.45) is 0 Å². The van der Waals surface area contributed by atoms with Crippen molar-refractivity contribution in [1.29, 1.82) is 0 Å². The van der Waals surface area contributed by atoms with Gasteiger partial charge in [-0.1, -0.05) is 208 Å². The Morgan fingerprint density at radius 1 is 0.328 bits per heavy atom. The summed E-state index contributed by atoms with van der Waals surface area (Å²) in [5.41, 5.74) is 12.7. The zero-order valence-corrected chi connectivity index (χ0v) is 35.3. The molecule has 0 amide bonds. The number of rotatable bonds is 3. The highest BCUT2D eigenvalue weighted by Gasteiger charge is 2.52. The van der Waals surface area contributed by atoms with Gasteiger partial charge in [-0.3, -0.25) is 0 Å². The number of hydrogen-bond donors (Lipinski definition) is 0. The molecule has 2 aliphatic rings. The maximum absolute atomic E-state index is 5.55. The molecule has 4 heterocycles. The van der Waals surface area contributed by atoms with E-state index in [1.807, 2.05) is 36.4 Å². The Labute approximate surface area is 370 Å². The van der Waals surface area contributed by atoms with Gasteiger partial charge in [0.15, 0.2) is 22.9 Å². The minimum atomic E-state index is -0.626. The summed E-state index contributed by atoms with van der Waals surface area (Å²) in [6, 6.07) is 71.5. The summed E-state index contributed by atoms with van der Waals surface area (Å²) >= 11 is 0. The zero-order valence-electron chi connectivity index (χ0n) is 35.3. The van der Waals surface area contributed by atoms with Crippen LogP contribution in [0.2, 0.25) is 0 Å². The first-order valence-corrected chi connectivity index (χ1v) is 21.9. The second-order valence-corrected chi connectivity index (χ2v) is 17.6. The van der Waals surface area contributed by atoms with Crippen LogP contribution in [-0.4, -0.2) is 24.9 Å². The number of fused-ring (bicyclic) bond motifs is 8. The maximum Gasteiger partial charge on any atom is 0.164 e. The van der Waals surface area contributed by atoms with Crippen molar-refractivity contribution < 1.29 is 0 Å². The third kappa shape index (κ3) is 5.15. The molecule has 0 N–H and O–H groups in total. The van der Waals surface area contributed by atoms with Crippen LogP contribution in [0.4, 0.5) is 0 Å². The predicted molar refractivity (Wildman–Crippen MR) is 261 cm³/mol. The third-order valence-electron chi connectivity index (χ3n) is 13.8. The van der Waals surface area contributed by atoms with E-state index in [0.717, 1.165) is 65.6 Å². The first-order chi connectivity index (χ1) is 31.5. The average molecular weight is 818 g/mol. The third-order valence-corrected chi connectivity index (χ3v) is 13.8.